The van der Waals surface area contributed by atoms with Crippen LogP contribution < -0.4 is 4.74 Å². The number of carbonyl (C=O) groups is 2. The first-order chi connectivity index (χ1) is 16.5. The summed E-state index contributed by atoms with van der Waals surface area (Å²) in [6, 6.07) is 19.9. The molecule has 6 nitrogen and oxygen atoms in total. The average molecular weight is 477 g/mol. The summed E-state index contributed by atoms with van der Waals surface area (Å²) in [6.45, 7) is 2.31. The number of amidine groups is 1. The molecule has 0 bridgehead atoms. The molecule has 8 heteroatoms. The Morgan fingerprint density at radius 3 is 2.65 bits per heavy atom. The van der Waals surface area contributed by atoms with Crippen LogP contribution >= 0.6 is 11.8 Å². The zero-order chi connectivity index (χ0) is 24.1. The molecular weight excluding hydrogens is 455 g/mol. The molecule has 0 radical (unpaired) electrons. The number of ether oxygens (including phenoxy) is 1. The highest BCUT2D eigenvalue weighted by molar-refractivity contribution is 8.18. The van der Waals surface area contributed by atoms with Crippen molar-refractivity contribution in [3.63, 3.8) is 0 Å². The van der Waals surface area contributed by atoms with Crippen LogP contribution in [0.15, 0.2) is 82.7 Å². The van der Waals surface area contributed by atoms with E-state index in [0.717, 1.165) is 0 Å². The third-order valence-corrected chi connectivity index (χ3v) is 6.08. The van der Waals surface area contributed by atoms with Gasteiger partial charge in [-0.3, -0.25) is 9.69 Å². The Balaban J connectivity index is 1.60. The van der Waals surface area contributed by atoms with Crippen molar-refractivity contribution in [1.29, 1.82) is 0 Å². The molecule has 1 heterocycles. The second kappa shape index (κ2) is 10.4. The minimum atomic E-state index is -1.04. The summed E-state index contributed by atoms with van der Waals surface area (Å²) in [4.78, 5) is 30.8. The van der Waals surface area contributed by atoms with Crippen LogP contribution in [0.1, 0.15) is 28.4 Å². The van der Waals surface area contributed by atoms with Gasteiger partial charge in [-0.2, -0.15) is 0 Å². The lowest BCUT2D eigenvalue weighted by molar-refractivity contribution is -0.122. The maximum absolute atomic E-state index is 14.0. The predicted molar refractivity (Wildman–Crippen MR) is 131 cm³/mol. The van der Waals surface area contributed by atoms with E-state index in [1.807, 2.05) is 25.1 Å². The van der Waals surface area contributed by atoms with Gasteiger partial charge in [0, 0.05) is 17.7 Å². The Hall–Kier alpha value is -3.91. The van der Waals surface area contributed by atoms with E-state index in [2.05, 4.69) is 4.99 Å². The van der Waals surface area contributed by atoms with Gasteiger partial charge in [0.1, 0.15) is 18.2 Å². The Kier molecular flexibility index (Phi) is 7.08. The van der Waals surface area contributed by atoms with Gasteiger partial charge in [0.15, 0.2) is 5.17 Å². The minimum Gasteiger partial charge on any atom is -0.488 e. The molecule has 0 spiro atoms. The third kappa shape index (κ3) is 5.18. The molecule has 0 unspecified atom stereocenters. The molecule has 3 aromatic carbocycles. The van der Waals surface area contributed by atoms with Gasteiger partial charge in [0.2, 0.25) is 0 Å². The molecule has 0 saturated carbocycles. The van der Waals surface area contributed by atoms with E-state index in [4.69, 9.17) is 4.74 Å². The van der Waals surface area contributed by atoms with E-state index >= 15 is 0 Å². The Bertz CT molecular complexity index is 1310. The molecule has 172 valence electrons. The van der Waals surface area contributed by atoms with E-state index < -0.39 is 5.97 Å². The molecular formula is C26H21FN2O4S. The first kappa shape index (κ1) is 23.3. The van der Waals surface area contributed by atoms with Gasteiger partial charge < -0.3 is 9.84 Å². The summed E-state index contributed by atoms with van der Waals surface area (Å²) >= 11 is 1.21. The maximum Gasteiger partial charge on any atom is 0.335 e. The van der Waals surface area contributed by atoms with Crippen LogP contribution in [-0.4, -0.2) is 33.6 Å². The number of aromatic carboxylic acids is 1. The Labute approximate surface area is 200 Å². The highest BCUT2D eigenvalue weighted by Crippen LogP contribution is 2.35. The zero-order valence-electron chi connectivity index (χ0n) is 18.3. The van der Waals surface area contributed by atoms with Crippen molar-refractivity contribution in [2.45, 2.75) is 13.5 Å². The van der Waals surface area contributed by atoms with E-state index in [9.17, 15) is 19.1 Å². The van der Waals surface area contributed by atoms with Crippen molar-refractivity contribution < 1.29 is 23.8 Å². The second-order valence-electron chi connectivity index (χ2n) is 7.33. The highest BCUT2D eigenvalue weighted by Gasteiger charge is 2.32. The number of benzene rings is 3. The fraction of sp³-hybridized carbons (Fsp3) is 0.115. The minimum absolute atomic E-state index is 0.0572. The number of para-hydroxylation sites is 1. The molecule has 1 fully saturated rings. The topological polar surface area (TPSA) is 79.2 Å². The molecule has 34 heavy (non-hydrogen) atoms. The lowest BCUT2D eigenvalue weighted by atomic mass is 10.1. The molecule has 4 rings (SSSR count). The number of rotatable bonds is 7. The number of halogens is 1. The van der Waals surface area contributed by atoms with E-state index in [1.165, 1.54) is 34.9 Å². The van der Waals surface area contributed by atoms with Gasteiger partial charge >= 0.3 is 5.97 Å². The van der Waals surface area contributed by atoms with E-state index in [0.29, 0.717) is 39.2 Å². The van der Waals surface area contributed by atoms with Crippen molar-refractivity contribution in [2.75, 3.05) is 6.54 Å². The van der Waals surface area contributed by atoms with Gasteiger partial charge in [0.25, 0.3) is 5.91 Å². The fourth-order valence-corrected chi connectivity index (χ4v) is 4.39. The van der Waals surface area contributed by atoms with Crippen LogP contribution in [0.5, 0.6) is 5.75 Å². The SMILES string of the molecule is CCN1C(=O)C(=Cc2ccccc2OCc2ccccc2F)SC1=Nc1cccc(C(=O)O)c1. The maximum atomic E-state index is 14.0. The largest absolute Gasteiger partial charge is 0.488 e. The monoisotopic (exact) mass is 476 g/mol. The first-order valence-electron chi connectivity index (χ1n) is 10.5. The number of likely N-dealkylation sites (N-methyl/N-ethyl adjacent to an activating group) is 1. The van der Waals surface area contributed by atoms with Gasteiger partial charge in [-0.1, -0.05) is 42.5 Å². The number of carboxylic acids is 1. The number of nitrogens with zero attached hydrogens (tertiary/aromatic N) is 2. The van der Waals surface area contributed by atoms with Gasteiger partial charge in [-0.25, -0.2) is 14.2 Å². The molecule has 0 atom stereocenters. The highest BCUT2D eigenvalue weighted by atomic mass is 32.2. The van der Waals surface area contributed by atoms with Crippen molar-refractivity contribution in [1.82, 2.24) is 4.90 Å². The van der Waals surface area contributed by atoms with Crippen LogP contribution in [0.3, 0.4) is 0 Å². The zero-order valence-corrected chi connectivity index (χ0v) is 19.1. The van der Waals surface area contributed by atoms with E-state index in [-0.39, 0.29) is 23.9 Å². The number of carbonyl (C=O) groups excluding carboxylic acids is 1. The molecule has 1 aliphatic heterocycles. The third-order valence-electron chi connectivity index (χ3n) is 5.07. The number of amides is 1. The summed E-state index contributed by atoms with van der Waals surface area (Å²) < 4.78 is 19.8. The van der Waals surface area contributed by atoms with Crippen molar-refractivity contribution >= 4 is 40.6 Å². The fourth-order valence-electron chi connectivity index (χ4n) is 3.33. The van der Waals surface area contributed by atoms with Gasteiger partial charge in [0.05, 0.1) is 16.2 Å². The lowest BCUT2D eigenvalue weighted by Crippen LogP contribution is -2.28. The van der Waals surface area contributed by atoms with Crippen LogP contribution in [-0.2, 0) is 11.4 Å². The number of hydrogen-bond donors (Lipinski definition) is 1. The number of thioether (sulfide) groups is 1. The van der Waals surface area contributed by atoms with Gasteiger partial charge in [-0.15, -0.1) is 0 Å². The van der Waals surface area contributed by atoms with Crippen molar-refractivity contribution in [3.05, 3.63) is 100 Å². The van der Waals surface area contributed by atoms with Crippen molar-refractivity contribution in [2.24, 2.45) is 4.99 Å². The Morgan fingerprint density at radius 1 is 1.12 bits per heavy atom. The van der Waals surface area contributed by atoms with Crippen LogP contribution in [0.4, 0.5) is 10.1 Å². The molecule has 1 amide bonds. The molecule has 0 aromatic heterocycles. The molecule has 1 saturated heterocycles. The van der Waals surface area contributed by atoms with Crippen LogP contribution in [0, 0.1) is 5.82 Å². The normalized spacial score (nSPS) is 15.8. The summed E-state index contributed by atoms with van der Waals surface area (Å²) in [7, 11) is 0. The first-order valence-corrected chi connectivity index (χ1v) is 11.4. The summed E-state index contributed by atoms with van der Waals surface area (Å²) in [5.41, 5.74) is 1.69. The smallest absolute Gasteiger partial charge is 0.335 e. The quantitative estimate of drug-likeness (QED) is 0.441. The molecule has 0 aliphatic carbocycles. The Morgan fingerprint density at radius 2 is 1.88 bits per heavy atom. The average Bonchev–Trinajstić information content (AvgIpc) is 3.13. The number of carboxylic acid groups (broad SMARTS) is 1. The summed E-state index contributed by atoms with van der Waals surface area (Å²) in [5.74, 6) is -1.07. The van der Waals surface area contributed by atoms with Crippen molar-refractivity contribution in [3.8, 4) is 5.75 Å². The molecule has 1 N–H and O–H groups in total. The van der Waals surface area contributed by atoms with Crippen LogP contribution in [0.2, 0.25) is 0 Å². The number of hydrogen-bond acceptors (Lipinski definition) is 5. The van der Waals surface area contributed by atoms with E-state index in [1.54, 1.807) is 42.5 Å². The standard InChI is InChI=1S/C26H21FN2O4S/c1-2-29-24(30)23(34-26(29)28-20-11-7-10-18(14-20)25(31)32)15-17-8-4-6-13-22(17)33-16-19-9-3-5-12-21(19)27/h3-15H,2,16H2,1H3,(H,31,32). The molecule has 1 aliphatic rings. The summed E-state index contributed by atoms with van der Waals surface area (Å²) in [5, 5.41) is 9.68. The second-order valence-corrected chi connectivity index (χ2v) is 8.34. The van der Waals surface area contributed by atoms with Crippen LogP contribution in [0.25, 0.3) is 6.08 Å². The van der Waals surface area contributed by atoms with Gasteiger partial charge in [-0.05, 0) is 55.1 Å². The predicted octanol–water partition coefficient (Wildman–Crippen LogP) is 5.73. The summed E-state index contributed by atoms with van der Waals surface area (Å²) in [6.07, 6.45) is 1.72. The molecule has 3 aromatic rings. The lowest BCUT2D eigenvalue weighted by Gasteiger charge is -2.12. The number of aliphatic imine (C=N–C) groups is 1.